The fourth-order valence-electron chi connectivity index (χ4n) is 1.08. The summed E-state index contributed by atoms with van der Waals surface area (Å²) in [7, 11) is 0. The van der Waals surface area contributed by atoms with Crippen molar-refractivity contribution in [2.45, 2.75) is 13.0 Å². The first-order valence-electron chi connectivity index (χ1n) is 3.91. The summed E-state index contributed by atoms with van der Waals surface area (Å²) < 4.78 is 25.9. The summed E-state index contributed by atoms with van der Waals surface area (Å²) in [6.45, 7) is 1.49. The van der Waals surface area contributed by atoms with Gasteiger partial charge in [-0.25, -0.2) is 13.6 Å². The number of carboxylic acids is 1. The zero-order valence-corrected chi connectivity index (χ0v) is 7.42. The number of carboxylic acid groups (broad SMARTS) is 1. The van der Waals surface area contributed by atoms with E-state index in [0.29, 0.717) is 6.07 Å². The molecule has 0 aliphatic rings. The van der Waals surface area contributed by atoms with E-state index in [-0.39, 0.29) is 5.56 Å². The average Bonchev–Trinajstić information content (AvgIpc) is 2.02. The van der Waals surface area contributed by atoms with Crippen molar-refractivity contribution in [2.24, 2.45) is 5.73 Å². The second-order valence-electron chi connectivity index (χ2n) is 2.95. The molecule has 1 aromatic rings. The van der Waals surface area contributed by atoms with E-state index in [2.05, 4.69) is 0 Å². The van der Waals surface area contributed by atoms with Crippen LogP contribution in [-0.4, -0.2) is 11.1 Å². The standard InChI is InChI=1S/C9H9F2NO2/c1-4(12)5-2-6(9(13)14)8(11)3-7(5)10/h2-4H,12H2,1H3,(H,13,14). The van der Waals surface area contributed by atoms with Gasteiger partial charge in [0, 0.05) is 17.7 Å². The van der Waals surface area contributed by atoms with Gasteiger partial charge in [0.2, 0.25) is 0 Å². The van der Waals surface area contributed by atoms with E-state index in [1.54, 1.807) is 0 Å². The molecule has 1 unspecified atom stereocenters. The molecule has 1 atom stereocenters. The third-order valence-electron chi connectivity index (χ3n) is 1.81. The number of nitrogens with two attached hydrogens (primary N) is 1. The summed E-state index contributed by atoms with van der Waals surface area (Å²) in [6.07, 6.45) is 0. The van der Waals surface area contributed by atoms with Crippen LogP contribution in [0.3, 0.4) is 0 Å². The lowest BCUT2D eigenvalue weighted by atomic mass is 10.0. The van der Waals surface area contributed by atoms with Crippen LogP contribution in [0.25, 0.3) is 0 Å². The van der Waals surface area contributed by atoms with E-state index < -0.39 is 29.2 Å². The average molecular weight is 201 g/mol. The number of halogens is 2. The van der Waals surface area contributed by atoms with Crippen LogP contribution in [0.15, 0.2) is 12.1 Å². The maximum Gasteiger partial charge on any atom is 0.338 e. The molecule has 76 valence electrons. The van der Waals surface area contributed by atoms with E-state index >= 15 is 0 Å². The van der Waals surface area contributed by atoms with Crippen LogP contribution in [-0.2, 0) is 0 Å². The van der Waals surface area contributed by atoms with Crippen LogP contribution in [0.2, 0.25) is 0 Å². The van der Waals surface area contributed by atoms with Gasteiger partial charge < -0.3 is 10.8 Å². The molecule has 0 radical (unpaired) electrons. The lowest BCUT2D eigenvalue weighted by molar-refractivity contribution is 0.0691. The highest BCUT2D eigenvalue weighted by atomic mass is 19.1. The predicted molar refractivity (Wildman–Crippen MR) is 45.9 cm³/mol. The van der Waals surface area contributed by atoms with Crippen molar-refractivity contribution >= 4 is 5.97 Å². The van der Waals surface area contributed by atoms with Gasteiger partial charge in [-0.2, -0.15) is 0 Å². The van der Waals surface area contributed by atoms with Crippen LogP contribution >= 0.6 is 0 Å². The van der Waals surface area contributed by atoms with Gasteiger partial charge in [0.25, 0.3) is 0 Å². The molecule has 0 bridgehead atoms. The number of hydrogen-bond acceptors (Lipinski definition) is 2. The molecule has 0 amide bonds. The quantitative estimate of drug-likeness (QED) is 0.765. The largest absolute Gasteiger partial charge is 0.478 e. The Morgan fingerprint density at radius 3 is 2.43 bits per heavy atom. The van der Waals surface area contributed by atoms with E-state index in [1.807, 2.05) is 0 Å². The maximum absolute atomic E-state index is 13.0. The first-order valence-corrected chi connectivity index (χ1v) is 3.91. The van der Waals surface area contributed by atoms with Crippen molar-refractivity contribution in [3.05, 3.63) is 34.9 Å². The van der Waals surface area contributed by atoms with Gasteiger partial charge in [0.15, 0.2) is 0 Å². The second-order valence-corrected chi connectivity index (χ2v) is 2.95. The Balaban J connectivity index is 3.34. The fraction of sp³-hybridized carbons (Fsp3) is 0.222. The van der Waals surface area contributed by atoms with Crippen LogP contribution in [0.4, 0.5) is 8.78 Å². The van der Waals surface area contributed by atoms with Crippen molar-refractivity contribution in [3.8, 4) is 0 Å². The monoisotopic (exact) mass is 201 g/mol. The third-order valence-corrected chi connectivity index (χ3v) is 1.81. The van der Waals surface area contributed by atoms with Crippen LogP contribution < -0.4 is 5.73 Å². The number of rotatable bonds is 2. The third kappa shape index (κ3) is 1.88. The summed E-state index contributed by atoms with van der Waals surface area (Å²) in [5.41, 5.74) is 4.80. The normalized spacial score (nSPS) is 12.6. The zero-order chi connectivity index (χ0) is 10.9. The number of benzene rings is 1. The number of aromatic carboxylic acids is 1. The molecule has 3 N–H and O–H groups in total. The molecule has 0 aromatic heterocycles. The molecule has 0 spiro atoms. The zero-order valence-electron chi connectivity index (χ0n) is 7.42. The van der Waals surface area contributed by atoms with E-state index in [1.165, 1.54) is 6.92 Å². The summed E-state index contributed by atoms with van der Waals surface area (Å²) >= 11 is 0. The molecule has 0 fully saturated rings. The highest BCUT2D eigenvalue weighted by molar-refractivity contribution is 5.88. The van der Waals surface area contributed by atoms with Gasteiger partial charge in [0.1, 0.15) is 11.6 Å². The summed E-state index contributed by atoms with van der Waals surface area (Å²) in [5, 5.41) is 8.56. The highest BCUT2D eigenvalue weighted by Gasteiger charge is 2.16. The fourth-order valence-corrected chi connectivity index (χ4v) is 1.08. The lowest BCUT2D eigenvalue weighted by Crippen LogP contribution is -2.11. The Labute approximate surface area is 79.2 Å². The number of carbonyl (C=O) groups is 1. The molecule has 14 heavy (non-hydrogen) atoms. The van der Waals surface area contributed by atoms with Gasteiger partial charge in [-0.3, -0.25) is 0 Å². The molecule has 1 rings (SSSR count). The summed E-state index contributed by atoms with van der Waals surface area (Å²) in [6, 6.07) is 0.772. The Morgan fingerprint density at radius 1 is 1.43 bits per heavy atom. The Morgan fingerprint density at radius 2 is 2.00 bits per heavy atom. The minimum absolute atomic E-state index is 0.0104. The van der Waals surface area contributed by atoms with Crippen molar-refractivity contribution in [1.29, 1.82) is 0 Å². The van der Waals surface area contributed by atoms with Gasteiger partial charge in [-0.05, 0) is 13.0 Å². The molecule has 3 nitrogen and oxygen atoms in total. The molecular weight excluding hydrogens is 192 g/mol. The number of hydrogen-bond donors (Lipinski definition) is 2. The molecule has 0 aliphatic carbocycles. The minimum Gasteiger partial charge on any atom is -0.478 e. The second kappa shape index (κ2) is 3.71. The smallest absolute Gasteiger partial charge is 0.338 e. The molecule has 1 aromatic carbocycles. The minimum atomic E-state index is -1.44. The molecule has 0 aliphatic heterocycles. The van der Waals surface area contributed by atoms with Gasteiger partial charge in [-0.15, -0.1) is 0 Å². The van der Waals surface area contributed by atoms with Crippen molar-refractivity contribution in [2.75, 3.05) is 0 Å². The lowest BCUT2D eigenvalue weighted by Gasteiger charge is -2.08. The van der Waals surface area contributed by atoms with Crippen LogP contribution in [0, 0.1) is 11.6 Å². The molecule has 0 saturated heterocycles. The van der Waals surface area contributed by atoms with Crippen molar-refractivity contribution in [1.82, 2.24) is 0 Å². The summed E-state index contributed by atoms with van der Waals surface area (Å²) in [4.78, 5) is 10.5. The molecule has 0 heterocycles. The highest BCUT2D eigenvalue weighted by Crippen LogP contribution is 2.19. The van der Waals surface area contributed by atoms with E-state index in [9.17, 15) is 13.6 Å². The van der Waals surface area contributed by atoms with E-state index in [4.69, 9.17) is 10.8 Å². The summed E-state index contributed by atoms with van der Waals surface area (Å²) in [5.74, 6) is -3.37. The SMILES string of the molecule is CC(N)c1cc(C(=O)O)c(F)cc1F. The van der Waals surface area contributed by atoms with Crippen LogP contribution in [0.5, 0.6) is 0 Å². The Bertz CT molecular complexity index is 377. The van der Waals surface area contributed by atoms with Gasteiger partial charge in [-0.1, -0.05) is 0 Å². The van der Waals surface area contributed by atoms with Crippen molar-refractivity contribution < 1.29 is 18.7 Å². The first kappa shape index (κ1) is 10.6. The molecular formula is C9H9F2NO2. The van der Waals surface area contributed by atoms with E-state index in [0.717, 1.165) is 6.07 Å². The Kier molecular flexibility index (Phi) is 2.81. The maximum atomic E-state index is 13.0. The Hall–Kier alpha value is -1.49. The van der Waals surface area contributed by atoms with Gasteiger partial charge in [0.05, 0.1) is 5.56 Å². The topological polar surface area (TPSA) is 63.3 Å². The van der Waals surface area contributed by atoms with Crippen LogP contribution in [0.1, 0.15) is 28.9 Å². The predicted octanol–water partition coefficient (Wildman–Crippen LogP) is 1.68. The van der Waals surface area contributed by atoms with Crippen molar-refractivity contribution in [3.63, 3.8) is 0 Å². The first-order chi connectivity index (χ1) is 6.43. The molecule has 0 saturated carbocycles. The molecule has 5 heteroatoms. The van der Waals surface area contributed by atoms with Gasteiger partial charge >= 0.3 is 5.97 Å².